The van der Waals surface area contributed by atoms with Crippen LogP contribution < -0.4 is 0 Å². The number of aliphatic hydroxyl groups excluding tert-OH is 8. The molecule has 8 aliphatic rings. The highest BCUT2D eigenvalue weighted by atomic mass is 16.8. The van der Waals surface area contributed by atoms with Crippen LogP contribution in [0.25, 0.3) is 0 Å². The van der Waals surface area contributed by atoms with Gasteiger partial charge in [-0.3, -0.25) is 0 Å². The molecule has 0 spiro atoms. The summed E-state index contributed by atoms with van der Waals surface area (Å²) in [6, 6.07) is 0. The fraction of sp³-hybridized carbons (Fsp3) is 0.960. The van der Waals surface area contributed by atoms with Crippen molar-refractivity contribution in [2.45, 2.75) is 219 Å². The van der Waals surface area contributed by atoms with Crippen LogP contribution in [0.2, 0.25) is 0 Å². The summed E-state index contributed by atoms with van der Waals surface area (Å²) in [6.07, 6.45) is -9.15. The molecule has 0 aromatic carbocycles. The van der Waals surface area contributed by atoms with Gasteiger partial charge in [0.05, 0.1) is 49.8 Å². The topological polar surface area (TPSA) is 247 Å². The average Bonchev–Trinajstić information content (AvgIpc) is 3.68. The van der Waals surface area contributed by atoms with Gasteiger partial charge < -0.3 is 79.1 Å². The third-order valence-electron chi connectivity index (χ3n) is 21.1. The monoisotopic (exact) mass is 941 g/mol. The van der Waals surface area contributed by atoms with Crippen molar-refractivity contribution in [3.8, 4) is 0 Å². The van der Waals surface area contributed by atoms with Gasteiger partial charge in [0.15, 0.2) is 18.9 Å². The SMILES string of the molecule is CC(C)=C[C@H]1C[C@](C)(O)C2C(O1)C(C)[C@]1(CO)[C@@H]2CC[C@]2(C)[C@@]3(C)CC[C@H](OC4OC[C@@H](O)[C@H](OC5O[C@H](CO)[C@@H](O)[C@H](O)[C@H]5C)[C@H]4OC4O[C@@H](CO)[C@H](O)[C@H]4O)C(C)(C)[C@]3(C)CC[C@]21C. The molecule has 4 aliphatic heterocycles. The minimum Gasteiger partial charge on any atom is -0.396 e. The molecule has 4 heterocycles. The lowest BCUT2D eigenvalue weighted by Gasteiger charge is -2.79. The molecule has 6 unspecified atom stereocenters. The van der Waals surface area contributed by atoms with E-state index in [0.717, 1.165) is 37.7 Å². The van der Waals surface area contributed by atoms with Gasteiger partial charge in [-0.05, 0) is 98.2 Å². The summed E-state index contributed by atoms with van der Waals surface area (Å²) in [5, 5.41) is 99.0. The molecule has 0 bridgehead atoms. The normalized spacial score (nSPS) is 56.8. The molecule has 0 amide bonds. The number of rotatable bonds is 10. The van der Waals surface area contributed by atoms with Gasteiger partial charge in [-0.1, -0.05) is 67.0 Å². The Labute approximate surface area is 391 Å². The van der Waals surface area contributed by atoms with Gasteiger partial charge in [-0.2, -0.15) is 0 Å². The second kappa shape index (κ2) is 17.7. The lowest BCUT2D eigenvalue weighted by molar-refractivity contribution is -0.377. The Morgan fingerprint density at radius 2 is 1.23 bits per heavy atom. The maximum atomic E-state index is 12.3. The van der Waals surface area contributed by atoms with Crippen molar-refractivity contribution >= 4 is 0 Å². The predicted molar refractivity (Wildman–Crippen MR) is 238 cm³/mol. The molecule has 25 atom stereocenters. The average molecular weight is 941 g/mol. The van der Waals surface area contributed by atoms with Gasteiger partial charge in [-0.15, -0.1) is 0 Å². The fourth-order valence-corrected chi connectivity index (χ4v) is 16.5. The van der Waals surface area contributed by atoms with E-state index >= 15 is 0 Å². The number of aliphatic hydroxyl groups is 9. The molecule has 4 saturated carbocycles. The van der Waals surface area contributed by atoms with Crippen LogP contribution in [0.4, 0.5) is 0 Å². The highest BCUT2D eigenvalue weighted by molar-refractivity contribution is 5.29. The third kappa shape index (κ3) is 7.18. The Morgan fingerprint density at radius 1 is 0.652 bits per heavy atom. The zero-order chi connectivity index (χ0) is 48.5. The van der Waals surface area contributed by atoms with Crippen LogP contribution in [0.15, 0.2) is 11.6 Å². The van der Waals surface area contributed by atoms with Crippen LogP contribution in [0.5, 0.6) is 0 Å². The van der Waals surface area contributed by atoms with Crippen molar-refractivity contribution in [3.63, 3.8) is 0 Å². The predicted octanol–water partition coefficient (Wildman–Crippen LogP) is 2.54. The molecule has 16 heteroatoms. The maximum absolute atomic E-state index is 12.3. The summed E-state index contributed by atoms with van der Waals surface area (Å²) in [4.78, 5) is 0. The van der Waals surface area contributed by atoms with Gasteiger partial charge in [0.2, 0.25) is 0 Å². The van der Waals surface area contributed by atoms with E-state index in [1.807, 2.05) is 6.92 Å². The van der Waals surface area contributed by atoms with Crippen molar-refractivity contribution in [1.29, 1.82) is 0 Å². The summed E-state index contributed by atoms with van der Waals surface area (Å²) in [7, 11) is 0. The maximum Gasteiger partial charge on any atom is 0.187 e. The lowest BCUT2D eigenvalue weighted by atomic mass is 9.26. The number of hydrogen-bond donors (Lipinski definition) is 9. The van der Waals surface area contributed by atoms with Crippen molar-refractivity contribution in [3.05, 3.63) is 11.6 Å². The van der Waals surface area contributed by atoms with E-state index in [9.17, 15) is 46.0 Å². The van der Waals surface area contributed by atoms with Gasteiger partial charge in [0.25, 0.3) is 0 Å². The van der Waals surface area contributed by atoms with Crippen LogP contribution in [0.3, 0.4) is 0 Å². The number of hydrogen-bond acceptors (Lipinski definition) is 16. The Kier molecular flexibility index (Phi) is 13.8. The molecule has 66 heavy (non-hydrogen) atoms. The first-order valence-electron chi connectivity index (χ1n) is 24.9. The highest BCUT2D eigenvalue weighted by Gasteiger charge is 2.81. The van der Waals surface area contributed by atoms with Gasteiger partial charge >= 0.3 is 0 Å². The minimum atomic E-state index is -1.58. The zero-order valence-corrected chi connectivity index (χ0v) is 41.2. The molecule has 0 aromatic rings. The van der Waals surface area contributed by atoms with E-state index in [1.165, 1.54) is 0 Å². The summed E-state index contributed by atoms with van der Waals surface area (Å²) in [6.45, 7) is 22.8. The van der Waals surface area contributed by atoms with E-state index in [0.29, 0.717) is 12.8 Å². The van der Waals surface area contributed by atoms with E-state index < -0.39 is 115 Å². The van der Waals surface area contributed by atoms with Gasteiger partial charge in [0, 0.05) is 30.3 Å². The van der Waals surface area contributed by atoms with Crippen LogP contribution in [0.1, 0.15) is 121 Å². The molecule has 380 valence electrons. The highest BCUT2D eigenvalue weighted by Crippen LogP contribution is 2.84. The van der Waals surface area contributed by atoms with Gasteiger partial charge in [0.1, 0.15) is 48.8 Å². The van der Waals surface area contributed by atoms with E-state index in [4.69, 9.17) is 33.2 Å². The third-order valence-corrected chi connectivity index (χ3v) is 21.1. The summed E-state index contributed by atoms with van der Waals surface area (Å²) in [5.74, 6) is -0.836. The standard InChI is InChI=1S/C50H84O16/c1-24(2)18-27-19-45(7,59)33-28-12-14-48(10)47(9)15-13-32(44(5,6)46(47,8)16-17-49(48,11)50(28,23-53)26(4)38(33)61-27)64-43-40(66-42-37(58)36(57)31(21-52)63-42)39(29(54)22-60-43)65-41-25(3)34(55)35(56)30(20-51)62-41/h18,25-43,51-59H,12-17,19-23H2,1-11H3/t25-,26?,27+,28-,29-,30-,31+,32+,33?,34-,35-,36+,37-,38?,39+,40-,41?,42?,43?,45+,46+,47+,48-,49-,50-/m1/s1. The zero-order valence-electron chi connectivity index (χ0n) is 41.2. The van der Waals surface area contributed by atoms with Crippen LogP contribution >= 0.6 is 0 Å². The van der Waals surface area contributed by atoms with Crippen molar-refractivity contribution in [2.75, 3.05) is 26.4 Å². The Balaban J connectivity index is 1.10. The molecule has 16 nitrogen and oxygen atoms in total. The number of allylic oxidation sites excluding steroid dienone is 1. The van der Waals surface area contributed by atoms with Crippen molar-refractivity contribution in [1.82, 2.24) is 0 Å². The van der Waals surface area contributed by atoms with Crippen LogP contribution in [-0.2, 0) is 33.2 Å². The first kappa shape index (κ1) is 51.5. The van der Waals surface area contributed by atoms with E-state index in [-0.39, 0.29) is 64.8 Å². The summed E-state index contributed by atoms with van der Waals surface area (Å²) < 4.78 is 44.9. The van der Waals surface area contributed by atoms with Crippen LogP contribution in [0, 0.1) is 56.2 Å². The lowest BCUT2D eigenvalue weighted by Crippen LogP contribution is -2.74. The molecule has 4 aliphatic carbocycles. The molecule has 0 aromatic heterocycles. The molecule has 4 saturated heterocycles. The second-order valence-corrected chi connectivity index (χ2v) is 24.1. The van der Waals surface area contributed by atoms with Crippen molar-refractivity contribution in [2.24, 2.45) is 56.2 Å². The Hall–Kier alpha value is -0.900. The minimum absolute atomic E-state index is 0.00510. The molecular formula is C50H84O16. The Morgan fingerprint density at radius 3 is 1.85 bits per heavy atom. The number of fused-ring (bicyclic) bond motifs is 7. The van der Waals surface area contributed by atoms with Crippen molar-refractivity contribution < 1.29 is 79.1 Å². The van der Waals surface area contributed by atoms with E-state index in [1.54, 1.807) is 6.92 Å². The molecule has 8 fully saturated rings. The smallest absolute Gasteiger partial charge is 0.187 e. The first-order chi connectivity index (χ1) is 30.8. The van der Waals surface area contributed by atoms with Crippen LogP contribution in [-0.4, -0.2) is 170 Å². The molecule has 8 rings (SSSR count). The molecule has 9 N–H and O–H groups in total. The fourth-order valence-electron chi connectivity index (χ4n) is 16.5. The largest absolute Gasteiger partial charge is 0.396 e. The van der Waals surface area contributed by atoms with Gasteiger partial charge in [-0.25, -0.2) is 0 Å². The summed E-state index contributed by atoms with van der Waals surface area (Å²) in [5.41, 5.74) is -1.96. The Bertz CT molecular complexity index is 1770. The van der Waals surface area contributed by atoms with E-state index in [2.05, 4.69) is 68.4 Å². The molecule has 0 radical (unpaired) electrons. The quantitative estimate of drug-likeness (QED) is 0.113. The second-order valence-electron chi connectivity index (χ2n) is 24.1. The number of ether oxygens (including phenoxy) is 7. The first-order valence-corrected chi connectivity index (χ1v) is 24.9. The summed E-state index contributed by atoms with van der Waals surface area (Å²) >= 11 is 0. The molecular weight excluding hydrogens is 857 g/mol.